The molecule has 3 fully saturated rings. The SMILES string of the molecule is CC1CCC2(CC1)OCC(C(=O)N1CCCCC1C)N2C(=O)c1ccccc1F. The fourth-order valence-electron chi connectivity index (χ4n) is 5.15. The molecule has 1 aromatic carbocycles. The first kappa shape index (κ1) is 20.3. The molecule has 2 heterocycles. The molecular weight excluding hydrogens is 371 g/mol. The Kier molecular flexibility index (Phi) is 5.65. The number of nitrogens with zero attached hydrogens (tertiary/aromatic N) is 2. The van der Waals surface area contributed by atoms with Crippen molar-refractivity contribution in [3.05, 3.63) is 35.6 Å². The zero-order chi connectivity index (χ0) is 20.6. The number of piperidine rings is 1. The van der Waals surface area contributed by atoms with E-state index >= 15 is 0 Å². The van der Waals surface area contributed by atoms with Gasteiger partial charge in [-0.25, -0.2) is 4.39 Å². The first-order valence-corrected chi connectivity index (χ1v) is 11.0. The lowest BCUT2D eigenvalue weighted by atomic mass is 9.83. The van der Waals surface area contributed by atoms with Crippen LogP contribution in [0, 0.1) is 11.7 Å². The molecule has 158 valence electrons. The van der Waals surface area contributed by atoms with Gasteiger partial charge in [0.2, 0.25) is 5.91 Å². The van der Waals surface area contributed by atoms with Crippen LogP contribution in [0.2, 0.25) is 0 Å². The maximum Gasteiger partial charge on any atom is 0.259 e. The number of carbonyl (C=O) groups excluding carboxylic acids is 2. The van der Waals surface area contributed by atoms with Crippen LogP contribution >= 0.6 is 0 Å². The minimum Gasteiger partial charge on any atom is -0.353 e. The quantitative estimate of drug-likeness (QED) is 0.752. The van der Waals surface area contributed by atoms with Crippen molar-refractivity contribution in [2.75, 3.05) is 13.2 Å². The summed E-state index contributed by atoms with van der Waals surface area (Å²) in [6.07, 6.45) is 6.31. The van der Waals surface area contributed by atoms with E-state index in [0.29, 0.717) is 25.3 Å². The van der Waals surface area contributed by atoms with Crippen molar-refractivity contribution in [1.29, 1.82) is 0 Å². The molecule has 5 nitrogen and oxygen atoms in total. The van der Waals surface area contributed by atoms with Gasteiger partial charge in [-0.15, -0.1) is 0 Å². The van der Waals surface area contributed by atoms with E-state index in [1.165, 1.54) is 12.1 Å². The highest BCUT2D eigenvalue weighted by atomic mass is 19.1. The van der Waals surface area contributed by atoms with Gasteiger partial charge in [-0.2, -0.15) is 0 Å². The lowest BCUT2D eigenvalue weighted by molar-refractivity contribution is -0.140. The topological polar surface area (TPSA) is 49.9 Å². The molecule has 2 amide bonds. The standard InChI is InChI=1S/C23H31FN2O3/c1-16-10-12-23(13-11-16)26(21(27)18-8-3-4-9-19(18)24)20(15-29-23)22(28)25-14-6-5-7-17(25)2/h3-4,8-9,16-17,20H,5-7,10-15H2,1-2H3. The molecule has 4 rings (SSSR count). The van der Waals surface area contributed by atoms with Gasteiger partial charge in [0, 0.05) is 12.6 Å². The van der Waals surface area contributed by atoms with Gasteiger partial charge >= 0.3 is 0 Å². The summed E-state index contributed by atoms with van der Waals surface area (Å²) in [4.78, 5) is 30.5. The normalized spacial score (nSPS) is 32.6. The molecule has 1 aromatic rings. The Labute approximate surface area is 172 Å². The van der Waals surface area contributed by atoms with E-state index in [0.717, 1.165) is 32.1 Å². The van der Waals surface area contributed by atoms with Gasteiger partial charge in [0.15, 0.2) is 0 Å². The van der Waals surface area contributed by atoms with Gasteiger partial charge in [0.25, 0.3) is 5.91 Å². The minimum atomic E-state index is -0.800. The smallest absolute Gasteiger partial charge is 0.259 e. The zero-order valence-electron chi connectivity index (χ0n) is 17.4. The number of halogens is 1. The Hall–Kier alpha value is -1.95. The van der Waals surface area contributed by atoms with Crippen molar-refractivity contribution in [1.82, 2.24) is 9.80 Å². The summed E-state index contributed by atoms with van der Waals surface area (Å²) in [7, 11) is 0. The highest BCUT2D eigenvalue weighted by Crippen LogP contribution is 2.43. The second kappa shape index (κ2) is 8.05. The Balaban J connectivity index is 1.68. The molecule has 0 bridgehead atoms. The van der Waals surface area contributed by atoms with E-state index in [9.17, 15) is 14.0 Å². The molecule has 2 atom stereocenters. The molecule has 6 heteroatoms. The maximum absolute atomic E-state index is 14.5. The van der Waals surface area contributed by atoms with E-state index in [-0.39, 0.29) is 24.1 Å². The summed E-state index contributed by atoms with van der Waals surface area (Å²) in [5.41, 5.74) is -0.786. The number of amides is 2. The largest absolute Gasteiger partial charge is 0.353 e. The molecule has 0 aromatic heterocycles. The summed E-state index contributed by atoms with van der Waals surface area (Å²) >= 11 is 0. The van der Waals surface area contributed by atoms with Gasteiger partial charge in [-0.05, 0) is 69.9 Å². The van der Waals surface area contributed by atoms with Crippen LogP contribution in [0.15, 0.2) is 24.3 Å². The van der Waals surface area contributed by atoms with Crippen molar-refractivity contribution in [2.24, 2.45) is 5.92 Å². The average Bonchev–Trinajstić information content (AvgIpc) is 3.09. The molecule has 29 heavy (non-hydrogen) atoms. The number of hydrogen-bond acceptors (Lipinski definition) is 3. The van der Waals surface area contributed by atoms with Gasteiger partial charge in [-0.3, -0.25) is 14.5 Å². The Bertz CT molecular complexity index is 775. The summed E-state index contributed by atoms with van der Waals surface area (Å²) in [5, 5.41) is 0. The van der Waals surface area contributed by atoms with E-state index in [1.807, 2.05) is 4.90 Å². The predicted molar refractivity (Wildman–Crippen MR) is 108 cm³/mol. The zero-order valence-corrected chi connectivity index (χ0v) is 17.4. The Morgan fingerprint density at radius 3 is 2.52 bits per heavy atom. The van der Waals surface area contributed by atoms with Gasteiger partial charge in [0.1, 0.15) is 17.6 Å². The second-order valence-electron chi connectivity index (χ2n) is 8.99. The van der Waals surface area contributed by atoms with Crippen LogP contribution in [0.25, 0.3) is 0 Å². The lowest BCUT2D eigenvalue weighted by Crippen LogP contribution is -2.58. The van der Waals surface area contributed by atoms with Crippen LogP contribution in [0.4, 0.5) is 4.39 Å². The van der Waals surface area contributed by atoms with Crippen molar-refractivity contribution < 1.29 is 18.7 Å². The molecule has 1 spiro atoms. The molecule has 1 aliphatic carbocycles. The second-order valence-corrected chi connectivity index (χ2v) is 8.99. The van der Waals surface area contributed by atoms with Crippen LogP contribution in [0.5, 0.6) is 0 Å². The average molecular weight is 403 g/mol. The van der Waals surface area contributed by atoms with Crippen LogP contribution in [0.1, 0.15) is 69.2 Å². The highest BCUT2D eigenvalue weighted by Gasteiger charge is 2.54. The van der Waals surface area contributed by atoms with Gasteiger partial charge < -0.3 is 9.64 Å². The van der Waals surface area contributed by atoms with Crippen molar-refractivity contribution in [3.8, 4) is 0 Å². The van der Waals surface area contributed by atoms with Crippen molar-refractivity contribution in [2.45, 2.75) is 76.6 Å². The van der Waals surface area contributed by atoms with Crippen LogP contribution in [-0.4, -0.2) is 52.6 Å². The third-order valence-corrected chi connectivity index (χ3v) is 7.01. The molecule has 0 N–H and O–H groups in total. The Morgan fingerprint density at radius 2 is 1.83 bits per heavy atom. The predicted octanol–water partition coefficient (Wildman–Crippen LogP) is 3.97. The molecule has 0 radical (unpaired) electrons. The number of ether oxygens (including phenoxy) is 1. The third kappa shape index (κ3) is 3.67. The number of benzene rings is 1. The first-order valence-electron chi connectivity index (χ1n) is 11.0. The summed E-state index contributed by atoms with van der Waals surface area (Å²) in [5.74, 6) is -0.483. The van der Waals surface area contributed by atoms with E-state index < -0.39 is 23.5 Å². The number of likely N-dealkylation sites (tertiary alicyclic amines) is 1. The van der Waals surface area contributed by atoms with Crippen LogP contribution in [-0.2, 0) is 9.53 Å². The summed E-state index contributed by atoms with van der Waals surface area (Å²) in [6, 6.07) is 5.50. The van der Waals surface area contributed by atoms with Crippen molar-refractivity contribution >= 4 is 11.8 Å². The van der Waals surface area contributed by atoms with E-state index in [4.69, 9.17) is 4.74 Å². The number of rotatable bonds is 2. The minimum absolute atomic E-state index is 0.0143. The molecule has 2 unspecified atom stereocenters. The van der Waals surface area contributed by atoms with Crippen LogP contribution in [0.3, 0.4) is 0 Å². The van der Waals surface area contributed by atoms with Gasteiger partial charge in [0.05, 0.1) is 12.2 Å². The number of hydrogen-bond donors (Lipinski definition) is 0. The Morgan fingerprint density at radius 1 is 1.10 bits per heavy atom. The van der Waals surface area contributed by atoms with Crippen LogP contribution < -0.4 is 0 Å². The maximum atomic E-state index is 14.5. The third-order valence-electron chi connectivity index (χ3n) is 7.01. The lowest BCUT2D eigenvalue weighted by Gasteiger charge is -2.44. The van der Waals surface area contributed by atoms with E-state index in [2.05, 4.69) is 13.8 Å². The molecule has 2 saturated heterocycles. The van der Waals surface area contributed by atoms with Gasteiger partial charge in [-0.1, -0.05) is 19.1 Å². The fourth-order valence-corrected chi connectivity index (χ4v) is 5.15. The summed E-state index contributed by atoms with van der Waals surface area (Å²) in [6.45, 7) is 5.16. The number of carbonyl (C=O) groups is 2. The first-order chi connectivity index (χ1) is 13.9. The fraction of sp³-hybridized carbons (Fsp3) is 0.652. The summed E-state index contributed by atoms with van der Waals surface area (Å²) < 4.78 is 20.7. The van der Waals surface area contributed by atoms with E-state index in [1.54, 1.807) is 17.0 Å². The monoisotopic (exact) mass is 402 g/mol. The highest BCUT2D eigenvalue weighted by molar-refractivity contribution is 5.98. The van der Waals surface area contributed by atoms with Crippen molar-refractivity contribution in [3.63, 3.8) is 0 Å². The molecule has 1 saturated carbocycles. The molecule has 3 aliphatic rings. The molecular formula is C23H31FN2O3. The molecule has 2 aliphatic heterocycles.